The van der Waals surface area contributed by atoms with E-state index in [1.165, 1.54) is 11.8 Å². The molecule has 0 N–H and O–H groups in total. The second-order valence-corrected chi connectivity index (χ2v) is 5.87. The Bertz CT molecular complexity index is 934. The zero-order valence-corrected chi connectivity index (χ0v) is 13.6. The van der Waals surface area contributed by atoms with Gasteiger partial charge < -0.3 is 4.74 Å². The number of methoxy groups -OCH3 is 1. The van der Waals surface area contributed by atoms with Gasteiger partial charge in [-0.2, -0.15) is 17.9 Å². The molecule has 26 heavy (non-hydrogen) atoms. The SMILES string of the molecule is COc1ccc(-n2nnnc2-c2cnc(C3CC3)nc2C(F)(F)F)cc1. The summed E-state index contributed by atoms with van der Waals surface area (Å²) < 4.78 is 46.9. The zero-order valence-electron chi connectivity index (χ0n) is 13.6. The molecule has 2 heterocycles. The van der Waals surface area contributed by atoms with Crippen molar-refractivity contribution in [1.29, 1.82) is 0 Å². The number of benzene rings is 1. The van der Waals surface area contributed by atoms with Gasteiger partial charge in [-0.15, -0.1) is 5.10 Å². The number of alkyl halides is 3. The fraction of sp³-hybridized carbons (Fsp3) is 0.312. The van der Waals surface area contributed by atoms with E-state index in [9.17, 15) is 13.2 Å². The van der Waals surface area contributed by atoms with Gasteiger partial charge in [-0.1, -0.05) is 0 Å². The third kappa shape index (κ3) is 2.98. The molecule has 1 fully saturated rings. The predicted molar refractivity (Wildman–Crippen MR) is 83.7 cm³/mol. The quantitative estimate of drug-likeness (QED) is 0.710. The van der Waals surface area contributed by atoms with Crippen LogP contribution in [0.1, 0.15) is 30.3 Å². The van der Waals surface area contributed by atoms with Crippen LogP contribution in [0, 0.1) is 0 Å². The molecule has 0 unspecified atom stereocenters. The van der Waals surface area contributed by atoms with Gasteiger partial charge in [0.2, 0.25) is 0 Å². The molecule has 1 aromatic carbocycles. The molecule has 4 rings (SSSR count). The number of rotatable bonds is 4. The van der Waals surface area contributed by atoms with Crippen LogP contribution in [-0.4, -0.2) is 37.3 Å². The normalized spacial score (nSPS) is 14.5. The van der Waals surface area contributed by atoms with Crippen LogP contribution < -0.4 is 4.74 Å². The molecule has 0 atom stereocenters. The first-order valence-corrected chi connectivity index (χ1v) is 7.84. The van der Waals surface area contributed by atoms with E-state index in [1.54, 1.807) is 24.3 Å². The van der Waals surface area contributed by atoms with E-state index in [-0.39, 0.29) is 23.1 Å². The summed E-state index contributed by atoms with van der Waals surface area (Å²) in [7, 11) is 1.52. The molecule has 0 spiro atoms. The van der Waals surface area contributed by atoms with Crippen LogP contribution in [0.3, 0.4) is 0 Å². The van der Waals surface area contributed by atoms with Crippen LogP contribution in [0.15, 0.2) is 30.5 Å². The zero-order chi connectivity index (χ0) is 18.3. The van der Waals surface area contributed by atoms with Crippen molar-refractivity contribution in [2.45, 2.75) is 24.9 Å². The summed E-state index contributed by atoms with van der Waals surface area (Å²) in [4.78, 5) is 7.85. The van der Waals surface area contributed by atoms with Gasteiger partial charge >= 0.3 is 6.18 Å². The maximum atomic E-state index is 13.6. The monoisotopic (exact) mass is 362 g/mol. The average molecular weight is 362 g/mol. The lowest BCUT2D eigenvalue weighted by atomic mass is 10.2. The summed E-state index contributed by atoms with van der Waals surface area (Å²) in [6.07, 6.45) is -1.88. The summed E-state index contributed by atoms with van der Waals surface area (Å²) in [5, 5.41) is 11.1. The van der Waals surface area contributed by atoms with Gasteiger partial charge in [0, 0.05) is 12.1 Å². The molecule has 0 amide bonds. The molecule has 2 aromatic heterocycles. The average Bonchev–Trinajstić information content (AvgIpc) is 3.37. The van der Waals surface area contributed by atoms with E-state index < -0.39 is 11.9 Å². The van der Waals surface area contributed by atoms with Crippen molar-refractivity contribution in [1.82, 2.24) is 30.2 Å². The van der Waals surface area contributed by atoms with Crippen LogP contribution in [0.2, 0.25) is 0 Å². The molecule has 134 valence electrons. The molecule has 1 saturated carbocycles. The Hall–Kier alpha value is -3.04. The number of ether oxygens (including phenoxy) is 1. The molecule has 10 heteroatoms. The number of halogens is 3. The summed E-state index contributed by atoms with van der Waals surface area (Å²) in [6.45, 7) is 0. The highest BCUT2D eigenvalue weighted by Gasteiger charge is 2.39. The first-order chi connectivity index (χ1) is 12.5. The van der Waals surface area contributed by atoms with Crippen molar-refractivity contribution in [2.24, 2.45) is 0 Å². The first kappa shape index (κ1) is 16.4. The van der Waals surface area contributed by atoms with E-state index in [2.05, 4.69) is 25.5 Å². The van der Waals surface area contributed by atoms with Gasteiger partial charge in [0.1, 0.15) is 11.6 Å². The number of nitrogens with zero attached hydrogens (tertiary/aromatic N) is 6. The minimum Gasteiger partial charge on any atom is -0.497 e. The lowest BCUT2D eigenvalue weighted by molar-refractivity contribution is -0.140. The van der Waals surface area contributed by atoms with Crippen LogP contribution in [0.25, 0.3) is 17.1 Å². The van der Waals surface area contributed by atoms with E-state index in [0.717, 1.165) is 19.0 Å². The van der Waals surface area contributed by atoms with E-state index >= 15 is 0 Å². The smallest absolute Gasteiger partial charge is 0.434 e. The fourth-order valence-corrected chi connectivity index (χ4v) is 2.57. The molecule has 0 radical (unpaired) electrons. The predicted octanol–water partition coefficient (Wildman–Crippen LogP) is 3.02. The minimum absolute atomic E-state index is 0.00253. The lowest BCUT2D eigenvalue weighted by Gasteiger charge is -2.12. The topological polar surface area (TPSA) is 78.6 Å². The van der Waals surface area contributed by atoms with Gasteiger partial charge in [-0.25, -0.2) is 9.97 Å². The Balaban J connectivity index is 1.82. The molecule has 0 bridgehead atoms. The third-order valence-corrected chi connectivity index (χ3v) is 4.05. The Labute approximate surface area is 145 Å². The van der Waals surface area contributed by atoms with Gasteiger partial charge in [-0.3, -0.25) is 0 Å². The molecular weight excluding hydrogens is 349 g/mol. The van der Waals surface area contributed by atoms with Crippen LogP contribution in [-0.2, 0) is 6.18 Å². The standard InChI is InChI=1S/C16H13F3N6O/c1-26-11-6-4-10(5-7-11)25-15(22-23-24-25)12-8-20-14(9-2-3-9)21-13(12)16(17,18)19/h4-9H,2-3H2,1H3. The van der Waals surface area contributed by atoms with Gasteiger partial charge in [0.15, 0.2) is 11.5 Å². The second kappa shape index (κ2) is 6.04. The van der Waals surface area contributed by atoms with Gasteiger partial charge in [0.25, 0.3) is 0 Å². The molecule has 1 aliphatic rings. The van der Waals surface area contributed by atoms with Crippen molar-refractivity contribution in [2.75, 3.05) is 7.11 Å². The highest BCUT2D eigenvalue weighted by atomic mass is 19.4. The van der Waals surface area contributed by atoms with E-state index in [1.807, 2.05) is 0 Å². The third-order valence-electron chi connectivity index (χ3n) is 4.05. The van der Waals surface area contributed by atoms with Gasteiger partial charge in [-0.05, 0) is 47.5 Å². The highest BCUT2D eigenvalue weighted by Crippen LogP contribution is 2.41. The number of aromatic nitrogens is 6. The molecule has 1 aliphatic carbocycles. The van der Waals surface area contributed by atoms with Crippen molar-refractivity contribution in [3.8, 4) is 22.8 Å². The molecule has 7 nitrogen and oxygen atoms in total. The fourth-order valence-electron chi connectivity index (χ4n) is 2.57. The van der Waals surface area contributed by atoms with Gasteiger partial charge in [0.05, 0.1) is 18.4 Å². The molecule has 0 aliphatic heterocycles. The lowest BCUT2D eigenvalue weighted by Crippen LogP contribution is -2.14. The van der Waals surface area contributed by atoms with Crippen LogP contribution >= 0.6 is 0 Å². The maximum absolute atomic E-state index is 13.6. The molecular formula is C16H13F3N6O. The van der Waals surface area contributed by atoms with Crippen molar-refractivity contribution >= 4 is 0 Å². The van der Waals surface area contributed by atoms with E-state index in [0.29, 0.717) is 11.4 Å². The minimum atomic E-state index is -4.64. The van der Waals surface area contributed by atoms with Crippen molar-refractivity contribution in [3.05, 3.63) is 42.0 Å². The molecule has 3 aromatic rings. The number of hydrogen-bond donors (Lipinski definition) is 0. The maximum Gasteiger partial charge on any atom is 0.434 e. The summed E-state index contributed by atoms with van der Waals surface area (Å²) in [5.74, 6) is 0.744. The number of hydrogen-bond acceptors (Lipinski definition) is 6. The Morgan fingerprint density at radius 1 is 1.15 bits per heavy atom. The number of tetrazole rings is 1. The summed E-state index contributed by atoms with van der Waals surface area (Å²) in [6, 6.07) is 6.62. The Morgan fingerprint density at radius 2 is 1.88 bits per heavy atom. The Kier molecular flexibility index (Phi) is 3.82. The second-order valence-electron chi connectivity index (χ2n) is 5.87. The Morgan fingerprint density at radius 3 is 2.50 bits per heavy atom. The van der Waals surface area contributed by atoms with Crippen LogP contribution in [0.4, 0.5) is 13.2 Å². The van der Waals surface area contributed by atoms with E-state index in [4.69, 9.17) is 4.74 Å². The molecule has 0 saturated heterocycles. The summed E-state index contributed by atoms with van der Waals surface area (Å²) >= 11 is 0. The first-order valence-electron chi connectivity index (χ1n) is 7.84. The summed E-state index contributed by atoms with van der Waals surface area (Å²) in [5.41, 5.74) is -0.799. The van der Waals surface area contributed by atoms with Crippen molar-refractivity contribution in [3.63, 3.8) is 0 Å². The highest BCUT2D eigenvalue weighted by molar-refractivity contribution is 5.60. The van der Waals surface area contributed by atoms with Crippen molar-refractivity contribution < 1.29 is 17.9 Å². The largest absolute Gasteiger partial charge is 0.497 e. The van der Waals surface area contributed by atoms with Crippen LogP contribution in [0.5, 0.6) is 5.75 Å².